The summed E-state index contributed by atoms with van der Waals surface area (Å²) in [5.41, 5.74) is 2.65. The van der Waals surface area contributed by atoms with Gasteiger partial charge in [0, 0.05) is 13.1 Å². The van der Waals surface area contributed by atoms with Gasteiger partial charge in [0.1, 0.15) is 5.75 Å². The minimum atomic E-state index is -0.0258. The van der Waals surface area contributed by atoms with E-state index in [0.29, 0.717) is 18.2 Å². The van der Waals surface area contributed by atoms with Crippen LogP contribution in [0.3, 0.4) is 0 Å². The molecule has 1 fully saturated rings. The highest BCUT2D eigenvalue weighted by atomic mass is 16.5. The Bertz CT molecular complexity index is 945. The van der Waals surface area contributed by atoms with Crippen molar-refractivity contribution in [2.75, 3.05) is 19.7 Å². The highest BCUT2D eigenvalue weighted by Crippen LogP contribution is 2.24. The molecule has 0 bridgehead atoms. The van der Waals surface area contributed by atoms with Gasteiger partial charge in [-0.25, -0.2) is 4.68 Å². The molecule has 3 aromatic rings. The second-order valence-corrected chi connectivity index (χ2v) is 7.74. The normalized spacial score (nSPS) is 14.6. The first-order chi connectivity index (χ1) is 14.7. The monoisotopic (exact) mass is 404 g/mol. The van der Waals surface area contributed by atoms with E-state index in [2.05, 4.69) is 22.4 Å². The molecule has 30 heavy (non-hydrogen) atoms. The van der Waals surface area contributed by atoms with Crippen LogP contribution in [0.15, 0.2) is 60.8 Å². The summed E-state index contributed by atoms with van der Waals surface area (Å²) in [6.45, 7) is 4.26. The lowest BCUT2D eigenvalue weighted by Gasteiger charge is -2.31. The van der Waals surface area contributed by atoms with Crippen molar-refractivity contribution in [3.05, 3.63) is 72.1 Å². The van der Waals surface area contributed by atoms with Crippen LogP contribution >= 0.6 is 0 Å². The number of aryl methyl sites for hydroxylation is 1. The molecule has 6 heteroatoms. The molecule has 0 radical (unpaired) electrons. The van der Waals surface area contributed by atoms with Crippen molar-refractivity contribution in [3.63, 3.8) is 0 Å². The molecule has 2 aromatic carbocycles. The van der Waals surface area contributed by atoms with Crippen molar-refractivity contribution < 1.29 is 9.53 Å². The lowest BCUT2D eigenvalue weighted by Crippen LogP contribution is -2.38. The van der Waals surface area contributed by atoms with Crippen LogP contribution in [0.4, 0.5) is 0 Å². The summed E-state index contributed by atoms with van der Waals surface area (Å²) in [7, 11) is 0. The average molecular weight is 405 g/mol. The molecule has 0 spiro atoms. The van der Waals surface area contributed by atoms with Gasteiger partial charge in [-0.15, -0.1) is 5.10 Å². The van der Waals surface area contributed by atoms with E-state index in [1.807, 2.05) is 54.3 Å². The maximum atomic E-state index is 12.8. The van der Waals surface area contributed by atoms with Gasteiger partial charge in [0.05, 0.1) is 18.5 Å². The van der Waals surface area contributed by atoms with Crippen molar-refractivity contribution in [3.8, 4) is 11.4 Å². The molecule has 0 saturated carbocycles. The van der Waals surface area contributed by atoms with E-state index in [4.69, 9.17) is 4.74 Å². The molecule has 1 aliphatic rings. The standard InChI is InChI=1S/C24H28N4O2/c1-2-30-22-12-10-19(11-13-22)8-9-20-14-16-27(17-15-20)24(29)23-18-28(26-25-23)21-6-4-3-5-7-21/h3-7,10-13,18,20H,2,8-9,14-17H2,1H3. The van der Waals surface area contributed by atoms with Crippen LogP contribution in [-0.2, 0) is 6.42 Å². The molecule has 0 aliphatic carbocycles. The summed E-state index contributed by atoms with van der Waals surface area (Å²) >= 11 is 0. The highest BCUT2D eigenvalue weighted by molar-refractivity contribution is 5.92. The number of nitrogens with zero attached hydrogens (tertiary/aromatic N) is 4. The van der Waals surface area contributed by atoms with Crippen LogP contribution in [0, 0.1) is 5.92 Å². The van der Waals surface area contributed by atoms with Gasteiger partial charge < -0.3 is 9.64 Å². The van der Waals surface area contributed by atoms with Crippen molar-refractivity contribution in [1.29, 1.82) is 0 Å². The van der Waals surface area contributed by atoms with E-state index < -0.39 is 0 Å². The van der Waals surface area contributed by atoms with Gasteiger partial charge in [-0.3, -0.25) is 4.79 Å². The molecular formula is C24H28N4O2. The Labute approximate surface area is 177 Å². The number of benzene rings is 2. The second-order valence-electron chi connectivity index (χ2n) is 7.74. The first kappa shape index (κ1) is 20.1. The molecule has 0 atom stereocenters. The fourth-order valence-electron chi connectivity index (χ4n) is 3.95. The molecule has 1 aliphatic heterocycles. The van der Waals surface area contributed by atoms with Crippen LogP contribution in [0.1, 0.15) is 42.2 Å². The molecule has 1 saturated heterocycles. The van der Waals surface area contributed by atoms with Gasteiger partial charge in [-0.1, -0.05) is 35.5 Å². The third-order valence-electron chi connectivity index (χ3n) is 5.71. The number of amides is 1. The number of ether oxygens (including phenoxy) is 1. The fourth-order valence-corrected chi connectivity index (χ4v) is 3.95. The number of hydrogen-bond donors (Lipinski definition) is 0. The number of rotatable bonds is 7. The maximum absolute atomic E-state index is 12.8. The summed E-state index contributed by atoms with van der Waals surface area (Å²) in [6, 6.07) is 18.1. The zero-order valence-corrected chi connectivity index (χ0v) is 17.4. The molecule has 4 rings (SSSR count). The number of para-hydroxylation sites is 1. The second kappa shape index (κ2) is 9.57. The maximum Gasteiger partial charge on any atom is 0.276 e. The van der Waals surface area contributed by atoms with Crippen molar-refractivity contribution in [1.82, 2.24) is 19.9 Å². The molecule has 1 amide bonds. The molecule has 0 unspecified atom stereocenters. The molecule has 6 nitrogen and oxygen atoms in total. The van der Waals surface area contributed by atoms with Crippen LogP contribution in [0.2, 0.25) is 0 Å². The number of piperidine rings is 1. The van der Waals surface area contributed by atoms with E-state index in [9.17, 15) is 4.79 Å². The largest absolute Gasteiger partial charge is 0.494 e. The average Bonchev–Trinajstić information content (AvgIpc) is 3.30. The summed E-state index contributed by atoms with van der Waals surface area (Å²) in [5, 5.41) is 8.20. The zero-order chi connectivity index (χ0) is 20.8. The van der Waals surface area contributed by atoms with Gasteiger partial charge in [0.2, 0.25) is 0 Å². The van der Waals surface area contributed by atoms with E-state index in [-0.39, 0.29) is 5.91 Å². The van der Waals surface area contributed by atoms with Crippen molar-refractivity contribution >= 4 is 5.91 Å². The van der Waals surface area contributed by atoms with Crippen LogP contribution in [0.25, 0.3) is 5.69 Å². The third kappa shape index (κ3) is 4.87. The van der Waals surface area contributed by atoms with Crippen molar-refractivity contribution in [2.24, 2.45) is 5.92 Å². The lowest BCUT2D eigenvalue weighted by atomic mass is 9.90. The topological polar surface area (TPSA) is 60.2 Å². The number of aromatic nitrogens is 3. The minimum Gasteiger partial charge on any atom is -0.494 e. The Balaban J connectivity index is 1.26. The number of carbonyl (C=O) groups is 1. The fraction of sp³-hybridized carbons (Fsp3) is 0.375. The lowest BCUT2D eigenvalue weighted by molar-refractivity contribution is 0.0681. The van der Waals surface area contributed by atoms with Gasteiger partial charge in [-0.05, 0) is 68.4 Å². The van der Waals surface area contributed by atoms with Crippen LogP contribution in [0.5, 0.6) is 5.75 Å². The Morgan fingerprint density at radius 3 is 2.50 bits per heavy atom. The van der Waals surface area contributed by atoms with Crippen molar-refractivity contribution in [2.45, 2.75) is 32.6 Å². The molecular weight excluding hydrogens is 376 g/mol. The van der Waals surface area contributed by atoms with Crippen LogP contribution in [-0.4, -0.2) is 45.5 Å². The summed E-state index contributed by atoms with van der Waals surface area (Å²) in [5.74, 6) is 1.56. The Morgan fingerprint density at radius 1 is 1.07 bits per heavy atom. The van der Waals surface area contributed by atoms with Gasteiger partial charge >= 0.3 is 0 Å². The smallest absolute Gasteiger partial charge is 0.276 e. The van der Waals surface area contributed by atoms with E-state index in [0.717, 1.165) is 50.2 Å². The molecule has 0 N–H and O–H groups in total. The van der Waals surface area contributed by atoms with Crippen LogP contribution < -0.4 is 4.74 Å². The Kier molecular flexibility index (Phi) is 6.42. The zero-order valence-electron chi connectivity index (χ0n) is 17.4. The van der Waals surface area contributed by atoms with Gasteiger partial charge in [0.15, 0.2) is 5.69 Å². The molecule has 156 valence electrons. The quantitative estimate of drug-likeness (QED) is 0.594. The number of likely N-dealkylation sites (tertiary alicyclic amines) is 1. The molecule has 1 aromatic heterocycles. The summed E-state index contributed by atoms with van der Waals surface area (Å²) < 4.78 is 7.15. The predicted molar refractivity (Wildman–Crippen MR) is 116 cm³/mol. The Morgan fingerprint density at radius 2 is 1.80 bits per heavy atom. The molecule has 2 heterocycles. The predicted octanol–water partition coefficient (Wildman–Crippen LogP) is 4.15. The minimum absolute atomic E-state index is 0.0258. The number of carbonyl (C=O) groups excluding carboxylic acids is 1. The highest BCUT2D eigenvalue weighted by Gasteiger charge is 2.25. The summed E-state index contributed by atoms with van der Waals surface area (Å²) in [6.07, 6.45) is 6.01. The SMILES string of the molecule is CCOc1ccc(CCC2CCN(C(=O)c3cn(-c4ccccc4)nn3)CC2)cc1. The van der Waals surface area contributed by atoms with E-state index >= 15 is 0 Å². The Hall–Kier alpha value is -3.15. The van der Waals surface area contributed by atoms with Gasteiger partial charge in [0.25, 0.3) is 5.91 Å². The van der Waals surface area contributed by atoms with Gasteiger partial charge in [-0.2, -0.15) is 0 Å². The third-order valence-corrected chi connectivity index (χ3v) is 5.71. The van der Waals surface area contributed by atoms with E-state index in [1.54, 1.807) is 10.9 Å². The first-order valence-electron chi connectivity index (χ1n) is 10.7. The first-order valence-corrected chi connectivity index (χ1v) is 10.7. The van der Waals surface area contributed by atoms with E-state index in [1.165, 1.54) is 5.56 Å². The number of hydrogen-bond acceptors (Lipinski definition) is 4. The summed E-state index contributed by atoms with van der Waals surface area (Å²) in [4.78, 5) is 14.7.